The second-order valence-electron chi connectivity index (χ2n) is 5.11. The molecule has 1 unspecified atom stereocenters. The van der Waals surface area contributed by atoms with Crippen LogP contribution in [0.2, 0.25) is 0 Å². The van der Waals surface area contributed by atoms with E-state index in [1.807, 2.05) is 0 Å². The Morgan fingerprint density at radius 2 is 2.00 bits per heavy atom. The second kappa shape index (κ2) is 7.78. The van der Waals surface area contributed by atoms with Crippen molar-refractivity contribution in [1.29, 1.82) is 0 Å². The number of rotatable bonds is 4. The van der Waals surface area contributed by atoms with E-state index in [9.17, 15) is 0 Å². The first-order valence-corrected chi connectivity index (χ1v) is 6.61. The number of fused-ring (bicyclic) bond motifs is 1. The molecule has 2 nitrogen and oxygen atoms in total. The quantitative estimate of drug-likeness (QED) is 0.777. The molecule has 0 heterocycles. The van der Waals surface area contributed by atoms with E-state index in [4.69, 9.17) is 4.74 Å². The third kappa shape index (κ3) is 4.27. The molecule has 0 amide bonds. The van der Waals surface area contributed by atoms with E-state index < -0.39 is 0 Å². The number of hydrogen-bond acceptors (Lipinski definition) is 2. The minimum atomic E-state index is 0. The van der Waals surface area contributed by atoms with Gasteiger partial charge in [0.05, 0.1) is 12.7 Å². The fourth-order valence-corrected chi connectivity index (χ4v) is 2.43. The van der Waals surface area contributed by atoms with Crippen LogP contribution in [0.5, 0.6) is 0 Å². The molecule has 2 rings (SSSR count). The van der Waals surface area contributed by atoms with Crippen molar-refractivity contribution in [2.45, 2.75) is 31.8 Å². The van der Waals surface area contributed by atoms with Crippen LogP contribution >= 0.6 is 12.4 Å². The lowest BCUT2D eigenvalue weighted by molar-refractivity contribution is 0.0376. The summed E-state index contributed by atoms with van der Waals surface area (Å²) in [6.45, 7) is 1.82. The maximum absolute atomic E-state index is 6.06. The van der Waals surface area contributed by atoms with Crippen molar-refractivity contribution < 1.29 is 4.74 Å². The van der Waals surface area contributed by atoms with E-state index in [0.717, 1.165) is 13.2 Å². The van der Waals surface area contributed by atoms with Crippen LogP contribution in [0, 0.1) is 0 Å². The van der Waals surface area contributed by atoms with Crippen LogP contribution in [0.1, 0.15) is 36.5 Å². The molecule has 0 aliphatic heterocycles. The third-order valence-electron chi connectivity index (χ3n) is 3.42. The molecule has 0 bridgehead atoms. The van der Waals surface area contributed by atoms with E-state index in [1.54, 1.807) is 0 Å². The molecule has 0 spiro atoms. The zero-order valence-electron chi connectivity index (χ0n) is 11.4. The highest BCUT2D eigenvalue weighted by atomic mass is 35.5. The standard InChI is InChI=1S/C15H23NO.ClH/c1-16(2)11-12-17-15-10-6-4-8-13-7-3-5-9-14(13)15;/h3,5,7,9,15H,4,6,8,10-12H2,1-2H3;1H. The van der Waals surface area contributed by atoms with E-state index >= 15 is 0 Å². The van der Waals surface area contributed by atoms with E-state index in [0.29, 0.717) is 6.10 Å². The maximum atomic E-state index is 6.06. The summed E-state index contributed by atoms with van der Waals surface area (Å²) in [5.74, 6) is 0. The van der Waals surface area contributed by atoms with Gasteiger partial charge >= 0.3 is 0 Å². The first-order chi connectivity index (χ1) is 8.27. The Bertz CT molecular complexity index is 354. The zero-order valence-corrected chi connectivity index (χ0v) is 12.2. The molecule has 0 radical (unpaired) electrons. The van der Waals surface area contributed by atoms with E-state index in [1.165, 1.54) is 36.8 Å². The van der Waals surface area contributed by atoms with Crippen molar-refractivity contribution in [1.82, 2.24) is 4.90 Å². The fourth-order valence-electron chi connectivity index (χ4n) is 2.43. The zero-order chi connectivity index (χ0) is 12.1. The van der Waals surface area contributed by atoms with E-state index in [2.05, 4.69) is 43.3 Å². The van der Waals surface area contributed by atoms with Crippen LogP contribution in [0.25, 0.3) is 0 Å². The summed E-state index contributed by atoms with van der Waals surface area (Å²) in [6, 6.07) is 8.76. The number of benzene rings is 1. The van der Waals surface area contributed by atoms with Crippen molar-refractivity contribution in [3.8, 4) is 0 Å². The smallest absolute Gasteiger partial charge is 0.0828 e. The largest absolute Gasteiger partial charge is 0.372 e. The summed E-state index contributed by atoms with van der Waals surface area (Å²) in [6.07, 6.45) is 5.27. The average Bonchev–Trinajstić information content (AvgIpc) is 2.52. The van der Waals surface area contributed by atoms with Gasteiger partial charge in [0.15, 0.2) is 0 Å². The Hall–Kier alpha value is -0.570. The lowest BCUT2D eigenvalue weighted by Gasteiger charge is -2.19. The maximum Gasteiger partial charge on any atom is 0.0828 e. The van der Waals surface area contributed by atoms with Gasteiger partial charge in [-0.15, -0.1) is 12.4 Å². The number of nitrogens with zero attached hydrogens (tertiary/aromatic N) is 1. The second-order valence-corrected chi connectivity index (χ2v) is 5.11. The Kier molecular flexibility index (Phi) is 6.69. The first-order valence-electron chi connectivity index (χ1n) is 6.61. The van der Waals surface area contributed by atoms with Crippen LogP contribution in [0.3, 0.4) is 0 Å². The van der Waals surface area contributed by atoms with Crippen molar-refractivity contribution in [3.05, 3.63) is 35.4 Å². The van der Waals surface area contributed by atoms with Crippen molar-refractivity contribution in [2.24, 2.45) is 0 Å². The normalized spacial score (nSPS) is 18.9. The van der Waals surface area contributed by atoms with Gasteiger partial charge in [-0.3, -0.25) is 0 Å². The molecule has 1 aromatic rings. The van der Waals surface area contributed by atoms with Crippen LogP contribution in [0.4, 0.5) is 0 Å². The monoisotopic (exact) mass is 269 g/mol. The summed E-state index contributed by atoms with van der Waals surface area (Å²) in [4.78, 5) is 2.17. The highest BCUT2D eigenvalue weighted by Gasteiger charge is 2.18. The minimum Gasteiger partial charge on any atom is -0.372 e. The van der Waals surface area contributed by atoms with Crippen LogP contribution < -0.4 is 0 Å². The van der Waals surface area contributed by atoms with Gasteiger partial charge in [0.1, 0.15) is 0 Å². The molecule has 1 aliphatic rings. The predicted molar refractivity (Wildman–Crippen MR) is 78.5 cm³/mol. The number of aryl methyl sites for hydroxylation is 1. The van der Waals surface area contributed by atoms with Gasteiger partial charge in [0, 0.05) is 6.54 Å². The van der Waals surface area contributed by atoms with Crippen molar-refractivity contribution in [2.75, 3.05) is 27.2 Å². The molecule has 0 aromatic heterocycles. The van der Waals surface area contributed by atoms with Crippen LogP contribution in [-0.2, 0) is 11.2 Å². The minimum absolute atomic E-state index is 0. The van der Waals surface area contributed by atoms with E-state index in [-0.39, 0.29) is 12.4 Å². The number of hydrogen-bond donors (Lipinski definition) is 0. The predicted octanol–water partition coefficient (Wildman–Crippen LogP) is 3.45. The summed E-state index contributed by atoms with van der Waals surface area (Å²) in [5, 5.41) is 0. The molecule has 1 aromatic carbocycles. The number of halogens is 1. The summed E-state index contributed by atoms with van der Waals surface area (Å²) in [7, 11) is 4.18. The molecule has 102 valence electrons. The van der Waals surface area contributed by atoms with Gasteiger partial charge < -0.3 is 9.64 Å². The lowest BCUT2D eigenvalue weighted by Crippen LogP contribution is -2.19. The highest BCUT2D eigenvalue weighted by Crippen LogP contribution is 2.31. The van der Waals surface area contributed by atoms with Gasteiger partial charge in [0.25, 0.3) is 0 Å². The summed E-state index contributed by atoms with van der Waals surface area (Å²) < 4.78 is 6.06. The molecule has 1 atom stereocenters. The molecule has 3 heteroatoms. The Morgan fingerprint density at radius 3 is 2.78 bits per heavy atom. The van der Waals surface area contributed by atoms with Gasteiger partial charge in [-0.2, -0.15) is 0 Å². The number of ether oxygens (including phenoxy) is 1. The molecule has 1 aliphatic carbocycles. The topological polar surface area (TPSA) is 12.5 Å². The third-order valence-corrected chi connectivity index (χ3v) is 3.42. The van der Waals surface area contributed by atoms with Gasteiger partial charge in [-0.25, -0.2) is 0 Å². The summed E-state index contributed by atoms with van der Waals surface area (Å²) in [5.41, 5.74) is 2.91. The lowest BCUT2D eigenvalue weighted by atomic mass is 10.0. The SMILES string of the molecule is CN(C)CCOC1CCCCc2ccccc21.Cl. The molecular weight excluding hydrogens is 246 g/mol. The van der Waals surface area contributed by atoms with Crippen molar-refractivity contribution >= 4 is 12.4 Å². The first kappa shape index (κ1) is 15.5. The Balaban J connectivity index is 0.00000162. The van der Waals surface area contributed by atoms with Crippen LogP contribution in [-0.4, -0.2) is 32.1 Å². The van der Waals surface area contributed by atoms with Gasteiger partial charge in [0.2, 0.25) is 0 Å². The van der Waals surface area contributed by atoms with Gasteiger partial charge in [-0.1, -0.05) is 30.7 Å². The molecule has 0 saturated heterocycles. The molecular formula is C15H24ClNO. The average molecular weight is 270 g/mol. The van der Waals surface area contributed by atoms with Gasteiger partial charge in [-0.05, 0) is 44.5 Å². The molecule has 0 saturated carbocycles. The molecule has 0 fully saturated rings. The summed E-state index contributed by atoms with van der Waals surface area (Å²) >= 11 is 0. The number of likely N-dealkylation sites (N-methyl/N-ethyl adjacent to an activating group) is 1. The fraction of sp³-hybridized carbons (Fsp3) is 0.600. The van der Waals surface area contributed by atoms with Crippen molar-refractivity contribution in [3.63, 3.8) is 0 Å². The molecule has 18 heavy (non-hydrogen) atoms. The highest BCUT2D eigenvalue weighted by molar-refractivity contribution is 5.85. The Labute approximate surface area is 117 Å². The van der Waals surface area contributed by atoms with Crippen LogP contribution in [0.15, 0.2) is 24.3 Å². The molecule has 0 N–H and O–H groups in total. The Morgan fingerprint density at radius 1 is 1.22 bits per heavy atom.